The first kappa shape index (κ1) is 10.1. The highest BCUT2D eigenvalue weighted by molar-refractivity contribution is 7.13. The van der Waals surface area contributed by atoms with E-state index in [-0.39, 0.29) is 0 Å². The molecular formula is C12H15N3S. The molecule has 0 saturated carbocycles. The van der Waals surface area contributed by atoms with E-state index in [0.717, 1.165) is 18.9 Å². The summed E-state index contributed by atoms with van der Waals surface area (Å²) in [6.07, 6.45) is 6.55. The normalized spacial score (nSPS) is 20.4. The second kappa shape index (κ2) is 4.39. The van der Waals surface area contributed by atoms with Gasteiger partial charge in [0.25, 0.3) is 0 Å². The lowest BCUT2D eigenvalue weighted by Crippen LogP contribution is -2.26. The fourth-order valence-electron chi connectivity index (χ4n) is 2.24. The largest absolute Gasteiger partial charge is 0.329 e. The summed E-state index contributed by atoms with van der Waals surface area (Å²) in [6.45, 7) is 2.20. The van der Waals surface area contributed by atoms with Gasteiger partial charge in [-0.25, -0.2) is 4.98 Å². The summed E-state index contributed by atoms with van der Waals surface area (Å²) >= 11 is 1.75. The topological polar surface area (TPSA) is 29.9 Å². The van der Waals surface area contributed by atoms with Gasteiger partial charge in [-0.05, 0) is 30.8 Å². The van der Waals surface area contributed by atoms with Crippen molar-refractivity contribution < 1.29 is 0 Å². The van der Waals surface area contributed by atoms with Gasteiger partial charge in [-0.3, -0.25) is 0 Å². The minimum atomic E-state index is 0.618. The van der Waals surface area contributed by atoms with Gasteiger partial charge in [0.2, 0.25) is 0 Å². The minimum absolute atomic E-state index is 0.618. The third kappa shape index (κ3) is 1.90. The highest BCUT2D eigenvalue weighted by Gasteiger charge is 2.16. The fourth-order valence-corrected chi connectivity index (χ4v) is 2.97. The summed E-state index contributed by atoms with van der Waals surface area (Å²) in [7, 11) is 0. The van der Waals surface area contributed by atoms with Crippen LogP contribution in [0.25, 0.3) is 10.7 Å². The summed E-state index contributed by atoms with van der Waals surface area (Å²) in [6, 6.07) is 4.83. The van der Waals surface area contributed by atoms with Crippen molar-refractivity contribution >= 4 is 11.3 Å². The predicted molar refractivity (Wildman–Crippen MR) is 66.6 cm³/mol. The molecule has 0 amide bonds. The van der Waals surface area contributed by atoms with Gasteiger partial charge in [0.15, 0.2) is 0 Å². The molecule has 1 N–H and O–H groups in total. The van der Waals surface area contributed by atoms with E-state index < -0.39 is 0 Å². The Morgan fingerprint density at radius 1 is 1.56 bits per heavy atom. The van der Waals surface area contributed by atoms with Crippen molar-refractivity contribution in [2.75, 3.05) is 6.54 Å². The Labute approximate surface area is 99.1 Å². The number of rotatable bonds is 3. The SMILES string of the molecule is c1csc(-c2nccn2C[C@H]2CCCN2)c1. The van der Waals surface area contributed by atoms with Crippen molar-refractivity contribution in [3.8, 4) is 10.7 Å². The Morgan fingerprint density at radius 2 is 2.56 bits per heavy atom. The van der Waals surface area contributed by atoms with Crippen LogP contribution in [0.15, 0.2) is 29.9 Å². The maximum absolute atomic E-state index is 4.45. The second-order valence-electron chi connectivity index (χ2n) is 4.17. The Morgan fingerprint density at radius 3 is 3.31 bits per heavy atom. The zero-order valence-corrected chi connectivity index (χ0v) is 9.91. The van der Waals surface area contributed by atoms with Crippen LogP contribution in [0.1, 0.15) is 12.8 Å². The lowest BCUT2D eigenvalue weighted by atomic mass is 10.2. The number of nitrogens with one attached hydrogen (secondary N) is 1. The Hall–Kier alpha value is -1.13. The summed E-state index contributed by atoms with van der Waals surface area (Å²) in [5, 5.41) is 5.62. The maximum atomic E-state index is 4.45. The van der Waals surface area contributed by atoms with Gasteiger partial charge < -0.3 is 9.88 Å². The number of hydrogen-bond donors (Lipinski definition) is 1. The van der Waals surface area contributed by atoms with Gasteiger partial charge in [-0.1, -0.05) is 6.07 Å². The molecule has 0 bridgehead atoms. The Bertz CT molecular complexity index is 441. The van der Waals surface area contributed by atoms with Crippen molar-refractivity contribution in [1.29, 1.82) is 0 Å². The second-order valence-corrected chi connectivity index (χ2v) is 5.12. The number of nitrogens with zero attached hydrogens (tertiary/aromatic N) is 2. The number of aromatic nitrogens is 2. The van der Waals surface area contributed by atoms with E-state index in [2.05, 4.69) is 38.6 Å². The molecule has 0 spiro atoms. The standard InChI is InChI=1S/C12H15N3S/c1-3-10(13-5-1)9-15-7-6-14-12(15)11-4-2-8-16-11/h2,4,6-8,10,13H,1,3,5,9H2/t10-/m1/s1. The van der Waals surface area contributed by atoms with E-state index in [4.69, 9.17) is 0 Å². The van der Waals surface area contributed by atoms with E-state index >= 15 is 0 Å². The van der Waals surface area contributed by atoms with Crippen molar-refractivity contribution in [3.63, 3.8) is 0 Å². The van der Waals surface area contributed by atoms with E-state index in [9.17, 15) is 0 Å². The van der Waals surface area contributed by atoms with Gasteiger partial charge in [0.05, 0.1) is 4.88 Å². The van der Waals surface area contributed by atoms with Gasteiger partial charge >= 0.3 is 0 Å². The third-order valence-electron chi connectivity index (χ3n) is 3.04. The first-order chi connectivity index (χ1) is 7.93. The van der Waals surface area contributed by atoms with Crippen LogP contribution in [0.4, 0.5) is 0 Å². The average molecular weight is 233 g/mol. The van der Waals surface area contributed by atoms with Crippen LogP contribution in [-0.4, -0.2) is 22.1 Å². The lowest BCUT2D eigenvalue weighted by molar-refractivity contribution is 0.512. The molecule has 2 aromatic rings. The van der Waals surface area contributed by atoms with Crippen LogP contribution >= 0.6 is 11.3 Å². The molecule has 1 saturated heterocycles. The summed E-state index contributed by atoms with van der Waals surface area (Å²) in [4.78, 5) is 5.70. The van der Waals surface area contributed by atoms with Crippen molar-refractivity contribution in [3.05, 3.63) is 29.9 Å². The quantitative estimate of drug-likeness (QED) is 0.882. The molecule has 3 heterocycles. The van der Waals surface area contributed by atoms with Gasteiger partial charge in [-0.2, -0.15) is 0 Å². The molecule has 1 fully saturated rings. The van der Waals surface area contributed by atoms with Crippen molar-refractivity contribution in [2.45, 2.75) is 25.4 Å². The molecule has 0 radical (unpaired) electrons. The van der Waals surface area contributed by atoms with Crippen LogP contribution in [0.2, 0.25) is 0 Å². The molecule has 16 heavy (non-hydrogen) atoms. The molecule has 1 aliphatic heterocycles. The molecule has 0 aromatic carbocycles. The van der Waals surface area contributed by atoms with Crippen LogP contribution in [0.3, 0.4) is 0 Å². The molecular weight excluding hydrogens is 218 g/mol. The molecule has 84 valence electrons. The average Bonchev–Trinajstić information content (AvgIpc) is 2.98. The van der Waals surface area contributed by atoms with Crippen LogP contribution in [-0.2, 0) is 6.54 Å². The summed E-state index contributed by atoms with van der Waals surface area (Å²) < 4.78 is 2.26. The molecule has 0 unspecified atom stereocenters. The van der Waals surface area contributed by atoms with Crippen LogP contribution < -0.4 is 5.32 Å². The molecule has 4 heteroatoms. The Balaban J connectivity index is 1.82. The summed E-state index contributed by atoms with van der Waals surface area (Å²) in [5.41, 5.74) is 0. The first-order valence-corrected chi connectivity index (χ1v) is 6.60. The summed E-state index contributed by atoms with van der Waals surface area (Å²) in [5.74, 6) is 1.10. The first-order valence-electron chi connectivity index (χ1n) is 5.72. The zero-order valence-electron chi connectivity index (χ0n) is 9.10. The van der Waals surface area contributed by atoms with Gasteiger partial charge in [0.1, 0.15) is 5.82 Å². The molecule has 1 aliphatic rings. The van der Waals surface area contributed by atoms with Crippen molar-refractivity contribution in [1.82, 2.24) is 14.9 Å². The predicted octanol–water partition coefficient (Wildman–Crippen LogP) is 2.36. The number of thiophene rings is 1. The maximum Gasteiger partial charge on any atom is 0.150 e. The number of hydrogen-bond acceptors (Lipinski definition) is 3. The molecule has 0 aliphatic carbocycles. The van der Waals surface area contributed by atoms with E-state index in [1.807, 2.05) is 6.20 Å². The van der Waals surface area contributed by atoms with Crippen LogP contribution in [0, 0.1) is 0 Å². The van der Waals surface area contributed by atoms with Gasteiger partial charge in [-0.15, -0.1) is 11.3 Å². The van der Waals surface area contributed by atoms with E-state index in [1.54, 1.807) is 11.3 Å². The molecule has 1 atom stereocenters. The molecule has 2 aromatic heterocycles. The highest BCUT2D eigenvalue weighted by Crippen LogP contribution is 2.23. The highest BCUT2D eigenvalue weighted by atomic mass is 32.1. The molecule has 3 rings (SSSR count). The smallest absolute Gasteiger partial charge is 0.150 e. The minimum Gasteiger partial charge on any atom is -0.329 e. The Kier molecular flexibility index (Phi) is 2.76. The van der Waals surface area contributed by atoms with Crippen molar-refractivity contribution in [2.24, 2.45) is 0 Å². The third-order valence-corrected chi connectivity index (χ3v) is 3.90. The number of imidazole rings is 1. The lowest BCUT2D eigenvalue weighted by Gasteiger charge is -2.12. The van der Waals surface area contributed by atoms with Gasteiger partial charge in [0, 0.05) is 25.0 Å². The van der Waals surface area contributed by atoms with Crippen LogP contribution in [0.5, 0.6) is 0 Å². The fraction of sp³-hybridized carbons (Fsp3) is 0.417. The van der Waals surface area contributed by atoms with E-state index in [1.165, 1.54) is 17.7 Å². The zero-order chi connectivity index (χ0) is 10.8. The van der Waals surface area contributed by atoms with E-state index in [0.29, 0.717) is 6.04 Å². The molecule has 3 nitrogen and oxygen atoms in total. The monoisotopic (exact) mass is 233 g/mol.